The molecule has 2 nitrogen and oxygen atoms in total. The van der Waals surface area contributed by atoms with Gasteiger partial charge in [0, 0.05) is 5.56 Å². The van der Waals surface area contributed by atoms with Crippen molar-refractivity contribution < 1.29 is 9.13 Å². The van der Waals surface area contributed by atoms with Crippen molar-refractivity contribution in [2.45, 2.75) is 6.61 Å². The topological polar surface area (TPSA) is 33.0 Å². The summed E-state index contributed by atoms with van der Waals surface area (Å²) in [4.78, 5) is 0. The van der Waals surface area contributed by atoms with Gasteiger partial charge in [-0.1, -0.05) is 29.8 Å². The molecule has 0 aliphatic carbocycles. The highest BCUT2D eigenvalue weighted by Crippen LogP contribution is 2.24. The van der Waals surface area contributed by atoms with Gasteiger partial charge in [-0.3, -0.25) is 0 Å². The second-order valence-corrected chi connectivity index (χ2v) is 4.04. The third-order valence-electron chi connectivity index (χ3n) is 2.40. The maximum atomic E-state index is 13.6. The summed E-state index contributed by atoms with van der Waals surface area (Å²) in [5, 5.41) is 9.11. The lowest BCUT2D eigenvalue weighted by atomic mass is 10.1. The first-order chi connectivity index (χ1) is 8.70. The van der Waals surface area contributed by atoms with Gasteiger partial charge in [0.1, 0.15) is 18.2 Å². The van der Waals surface area contributed by atoms with Crippen LogP contribution in [0.15, 0.2) is 42.5 Å². The number of nitriles is 1. The Morgan fingerprint density at radius 3 is 2.67 bits per heavy atom. The van der Waals surface area contributed by atoms with Crippen LogP contribution >= 0.6 is 11.6 Å². The van der Waals surface area contributed by atoms with E-state index >= 15 is 0 Å². The number of halogens is 2. The summed E-state index contributed by atoms with van der Waals surface area (Å²) in [5.41, 5.74) is 0.669. The Morgan fingerprint density at radius 2 is 2.00 bits per heavy atom. The van der Waals surface area contributed by atoms with E-state index < -0.39 is 5.82 Å². The number of hydrogen-bond donors (Lipinski definition) is 0. The number of para-hydroxylation sites is 1. The minimum atomic E-state index is -0.457. The molecule has 0 amide bonds. The summed E-state index contributed by atoms with van der Waals surface area (Å²) >= 11 is 5.92. The molecule has 2 aromatic carbocycles. The Bertz CT molecular complexity index is 607. The maximum Gasteiger partial charge on any atom is 0.138 e. The number of hydrogen-bond acceptors (Lipinski definition) is 2. The first-order valence-corrected chi connectivity index (χ1v) is 5.64. The van der Waals surface area contributed by atoms with E-state index in [0.29, 0.717) is 16.3 Å². The van der Waals surface area contributed by atoms with Gasteiger partial charge < -0.3 is 4.74 Å². The highest BCUT2D eigenvalue weighted by Gasteiger charge is 2.06. The molecule has 0 spiro atoms. The summed E-state index contributed by atoms with van der Waals surface area (Å²) < 4.78 is 19.0. The van der Waals surface area contributed by atoms with Crippen molar-refractivity contribution in [3.05, 3.63) is 64.4 Å². The van der Waals surface area contributed by atoms with E-state index in [-0.39, 0.29) is 12.2 Å². The Kier molecular flexibility index (Phi) is 3.81. The molecule has 0 N–H and O–H groups in total. The normalized spacial score (nSPS) is 9.83. The molecule has 0 radical (unpaired) electrons. The van der Waals surface area contributed by atoms with Gasteiger partial charge in [-0.25, -0.2) is 4.39 Å². The van der Waals surface area contributed by atoms with Crippen LogP contribution in [0.3, 0.4) is 0 Å². The van der Waals surface area contributed by atoms with Crippen molar-refractivity contribution in [3.8, 4) is 11.8 Å². The average Bonchev–Trinajstić information content (AvgIpc) is 2.39. The summed E-state index contributed by atoms with van der Waals surface area (Å²) in [5.74, 6) is 0.0454. The SMILES string of the molecule is N#Cc1ccc(COc2ccccc2Cl)c(F)c1. The van der Waals surface area contributed by atoms with Gasteiger partial charge in [0.25, 0.3) is 0 Å². The molecule has 0 heterocycles. The maximum absolute atomic E-state index is 13.6. The first kappa shape index (κ1) is 12.4. The Labute approximate surface area is 109 Å². The molecule has 2 aromatic rings. The van der Waals surface area contributed by atoms with E-state index in [4.69, 9.17) is 21.6 Å². The molecular formula is C14H9ClFNO. The number of rotatable bonds is 3. The van der Waals surface area contributed by atoms with E-state index in [2.05, 4.69) is 0 Å². The molecule has 2 rings (SSSR count). The van der Waals surface area contributed by atoms with Gasteiger partial charge in [0.2, 0.25) is 0 Å². The van der Waals surface area contributed by atoms with Crippen LogP contribution in [0.5, 0.6) is 5.75 Å². The molecule has 0 saturated carbocycles. The minimum Gasteiger partial charge on any atom is -0.487 e. The number of ether oxygens (including phenoxy) is 1. The molecule has 4 heteroatoms. The molecule has 0 atom stereocenters. The van der Waals surface area contributed by atoms with Crippen LogP contribution in [-0.4, -0.2) is 0 Å². The monoisotopic (exact) mass is 261 g/mol. The van der Waals surface area contributed by atoms with Crippen molar-refractivity contribution in [3.63, 3.8) is 0 Å². The zero-order chi connectivity index (χ0) is 13.0. The summed E-state index contributed by atoms with van der Waals surface area (Å²) in [7, 11) is 0. The Hall–Kier alpha value is -2.05. The average molecular weight is 262 g/mol. The molecule has 0 aromatic heterocycles. The third kappa shape index (κ3) is 2.79. The van der Waals surface area contributed by atoms with E-state index in [1.54, 1.807) is 30.3 Å². The molecule has 18 heavy (non-hydrogen) atoms. The van der Waals surface area contributed by atoms with Crippen LogP contribution in [0.2, 0.25) is 5.02 Å². The van der Waals surface area contributed by atoms with Crippen LogP contribution < -0.4 is 4.74 Å². The molecule has 0 bridgehead atoms. The van der Waals surface area contributed by atoms with Crippen LogP contribution in [0.25, 0.3) is 0 Å². The van der Waals surface area contributed by atoms with E-state index in [9.17, 15) is 4.39 Å². The van der Waals surface area contributed by atoms with Crippen molar-refractivity contribution in [2.24, 2.45) is 0 Å². The molecule has 0 fully saturated rings. The van der Waals surface area contributed by atoms with Gasteiger partial charge in [-0.05, 0) is 24.3 Å². The third-order valence-corrected chi connectivity index (χ3v) is 2.71. The van der Waals surface area contributed by atoms with Crippen molar-refractivity contribution in [2.75, 3.05) is 0 Å². The molecule has 0 aliphatic heterocycles. The molecular weight excluding hydrogens is 253 g/mol. The molecule has 0 aliphatic rings. The van der Waals surface area contributed by atoms with Crippen molar-refractivity contribution in [1.82, 2.24) is 0 Å². The van der Waals surface area contributed by atoms with Gasteiger partial charge >= 0.3 is 0 Å². The van der Waals surface area contributed by atoms with E-state index in [1.807, 2.05) is 6.07 Å². The van der Waals surface area contributed by atoms with Crippen LogP contribution in [-0.2, 0) is 6.61 Å². The second-order valence-electron chi connectivity index (χ2n) is 3.64. The zero-order valence-corrected chi connectivity index (χ0v) is 10.1. The standard InChI is InChI=1S/C14H9ClFNO/c15-12-3-1-2-4-14(12)18-9-11-6-5-10(8-17)7-13(11)16/h1-7H,9H2. The van der Waals surface area contributed by atoms with Gasteiger partial charge in [-0.2, -0.15) is 5.26 Å². The van der Waals surface area contributed by atoms with Gasteiger partial charge in [-0.15, -0.1) is 0 Å². The molecule has 90 valence electrons. The quantitative estimate of drug-likeness (QED) is 0.839. The lowest BCUT2D eigenvalue weighted by Crippen LogP contribution is -1.99. The summed E-state index contributed by atoms with van der Waals surface area (Å²) in [6.45, 7) is 0.0707. The van der Waals surface area contributed by atoms with Crippen LogP contribution in [0.1, 0.15) is 11.1 Å². The Balaban J connectivity index is 2.12. The minimum absolute atomic E-state index is 0.0707. The van der Waals surface area contributed by atoms with E-state index in [1.165, 1.54) is 12.1 Å². The first-order valence-electron chi connectivity index (χ1n) is 5.26. The fraction of sp³-hybridized carbons (Fsp3) is 0.0714. The summed E-state index contributed by atoms with van der Waals surface area (Å²) in [6, 6.07) is 13.1. The zero-order valence-electron chi connectivity index (χ0n) is 9.36. The lowest BCUT2D eigenvalue weighted by molar-refractivity contribution is 0.300. The number of benzene rings is 2. The predicted octanol–water partition coefficient (Wildman–Crippen LogP) is 3.93. The second kappa shape index (κ2) is 5.52. The highest BCUT2D eigenvalue weighted by molar-refractivity contribution is 6.32. The highest BCUT2D eigenvalue weighted by atomic mass is 35.5. The van der Waals surface area contributed by atoms with Crippen molar-refractivity contribution in [1.29, 1.82) is 5.26 Å². The van der Waals surface area contributed by atoms with Crippen LogP contribution in [0, 0.1) is 17.1 Å². The lowest BCUT2D eigenvalue weighted by Gasteiger charge is -2.08. The Morgan fingerprint density at radius 1 is 1.22 bits per heavy atom. The van der Waals surface area contributed by atoms with Crippen LogP contribution in [0.4, 0.5) is 4.39 Å². The van der Waals surface area contributed by atoms with Gasteiger partial charge in [0.05, 0.1) is 16.7 Å². The van der Waals surface area contributed by atoms with Crippen molar-refractivity contribution >= 4 is 11.6 Å². The van der Waals surface area contributed by atoms with E-state index in [0.717, 1.165) is 0 Å². The summed E-state index contributed by atoms with van der Waals surface area (Å²) in [6.07, 6.45) is 0. The fourth-order valence-electron chi connectivity index (χ4n) is 1.45. The smallest absolute Gasteiger partial charge is 0.138 e. The number of nitrogens with zero attached hydrogens (tertiary/aromatic N) is 1. The fourth-order valence-corrected chi connectivity index (χ4v) is 1.64. The van der Waals surface area contributed by atoms with Gasteiger partial charge in [0.15, 0.2) is 0 Å². The molecule has 0 unspecified atom stereocenters. The largest absolute Gasteiger partial charge is 0.487 e. The molecule has 0 saturated heterocycles. The predicted molar refractivity (Wildman–Crippen MR) is 66.9 cm³/mol.